The molecule has 0 fully saturated rings. The van der Waals surface area contributed by atoms with Gasteiger partial charge in [0.15, 0.2) is 5.78 Å². The molecule has 0 saturated carbocycles. The van der Waals surface area contributed by atoms with Gasteiger partial charge < -0.3 is 0 Å². The van der Waals surface area contributed by atoms with Crippen molar-refractivity contribution in [3.63, 3.8) is 0 Å². The van der Waals surface area contributed by atoms with Crippen LogP contribution in [0, 0.1) is 5.41 Å². The van der Waals surface area contributed by atoms with Crippen LogP contribution in [-0.4, -0.2) is 5.78 Å². The minimum absolute atomic E-state index is 0.167. The fourth-order valence-electron chi connectivity index (χ4n) is 1.87. The lowest BCUT2D eigenvalue weighted by Gasteiger charge is -2.19. The van der Waals surface area contributed by atoms with Crippen LogP contribution in [0.5, 0.6) is 0 Å². The van der Waals surface area contributed by atoms with E-state index in [4.69, 9.17) is 0 Å². The third kappa shape index (κ3) is 4.96. The van der Waals surface area contributed by atoms with Gasteiger partial charge in [0.2, 0.25) is 0 Å². The molecule has 0 heterocycles. The Morgan fingerprint density at radius 1 is 1.27 bits per heavy atom. The van der Waals surface area contributed by atoms with Crippen LogP contribution >= 0.6 is 0 Å². The molecule has 1 nitrogen and oxygen atoms in total. The van der Waals surface area contributed by atoms with E-state index in [9.17, 15) is 4.79 Å². The summed E-state index contributed by atoms with van der Waals surface area (Å²) in [5.41, 5.74) is 1.60. The number of hydrogen-bond donors (Lipinski definition) is 0. The summed E-state index contributed by atoms with van der Waals surface area (Å²) in [4.78, 5) is 11.5. The van der Waals surface area contributed by atoms with Crippen molar-refractivity contribution < 1.29 is 4.79 Å². The average Bonchev–Trinajstić information content (AvgIpc) is 2.15. The van der Waals surface area contributed by atoms with Crippen LogP contribution in [-0.2, 0) is 4.79 Å². The molecule has 0 radical (unpaired) electrons. The molecule has 15 heavy (non-hydrogen) atoms. The first-order chi connectivity index (χ1) is 6.99. The van der Waals surface area contributed by atoms with Crippen LogP contribution in [0.1, 0.15) is 52.9 Å². The molecule has 0 aromatic heterocycles. The summed E-state index contributed by atoms with van der Waals surface area (Å²) in [6.07, 6.45) is 11.2. The molecule has 1 rings (SSSR count). The second kappa shape index (κ2) is 5.29. The van der Waals surface area contributed by atoms with Crippen LogP contribution in [0.4, 0.5) is 0 Å². The summed E-state index contributed by atoms with van der Waals surface area (Å²) in [6, 6.07) is 0. The number of carbonyl (C=O) groups excluding carboxylic acids is 1. The molecule has 0 aromatic rings. The average molecular weight is 206 g/mol. The first kappa shape index (κ1) is 12.2. The van der Waals surface area contributed by atoms with Crippen molar-refractivity contribution in [3.8, 4) is 0 Å². The van der Waals surface area contributed by atoms with Crippen molar-refractivity contribution in [1.82, 2.24) is 0 Å². The molecule has 1 heteroatoms. The molecule has 0 spiro atoms. The standard InChI is InChI=1S/C14H22O/c1-12-6-4-8-13(15)9-11-14(2,3)10-5-7-12/h6,9,11H,4-5,7-8,10H2,1-3H3/b11-9-,12-6-. The second-order valence-electron chi connectivity index (χ2n) is 5.23. The van der Waals surface area contributed by atoms with E-state index in [0.717, 1.165) is 12.8 Å². The lowest BCUT2D eigenvalue weighted by atomic mass is 9.86. The summed E-state index contributed by atoms with van der Waals surface area (Å²) in [6.45, 7) is 6.57. The van der Waals surface area contributed by atoms with E-state index in [1.54, 1.807) is 6.08 Å². The Morgan fingerprint density at radius 3 is 2.73 bits per heavy atom. The van der Waals surface area contributed by atoms with Crippen molar-refractivity contribution in [2.24, 2.45) is 5.41 Å². The van der Waals surface area contributed by atoms with Gasteiger partial charge in [-0.05, 0) is 44.1 Å². The van der Waals surface area contributed by atoms with Crippen molar-refractivity contribution in [2.45, 2.75) is 52.9 Å². The fourth-order valence-corrected chi connectivity index (χ4v) is 1.87. The molecule has 0 bridgehead atoms. The van der Waals surface area contributed by atoms with Crippen molar-refractivity contribution in [1.29, 1.82) is 0 Å². The summed E-state index contributed by atoms with van der Waals surface area (Å²) < 4.78 is 0. The molecule has 0 unspecified atom stereocenters. The van der Waals surface area contributed by atoms with Gasteiger partial charge in [-0.25, -0.2) is 0 Å². The van der Waals surface area contributed by atoms with E-state index < -0.39 is 0 Å². The van der Waals surface area contributed by atoms with E-state index in [2.05, 4.69) is 32.9 Å². The van der Waals surface area contributed by atoms with E-state index >= 15 is 0 Å². The van der Waals surface area contributed by atoms with Gasteiger partial charge in [-0.3, -0.25) is 4.79 Å². The molecule has 1 aliphatic rings. The number of ketones is 1. The molecule has 0 N–H and O–H groups in total. The molecule has 0 aliphatic heterocycles. The summed E-state index contributed by atoms with van der Waals surface area (Å²) in [7, 11) is 0. The Morgan fingerprint density at radius 2 is 2.00 bits per heavy atom. The molecule has 0 aromatic carbocycles. The van der Waals surface area contributed by atoms with Gasteiger partial charge in [0.05, 0.1) is 0 Å². The normalized spacial score (nSPS) is 28.7. The number of rotatable bonds is 0. The minimum Gasteiger partial charge on any atom is -0.295 e. The number of carbonyl (C=O) groups is 1. The zero-order chi connectivity index (χ0) is 11.3. The van der Waals surface area contributed by atoms with Crippen molar-refractivity contribution in [3.05, 3.63) is 23.8 Å². The SMILES string of the molecule is C/C1=C/CCC(=O)/C=C\C(C)(C)CCC1. The monoisotopic (exact) mass is 206 g/mol. The maximum Gasteiger partial charge on any atom is 0.155 e. The van der Waals surface area contributed by atoms with Crippen LogP contribution in [0.25, 0.3) is 0 Å². The van der Waals surface area contributed by atoms with Crippen LogP contribution in [0.15, 0.2) is 23.8 Å². The van der Waals surface area contributed by atoms with Crippen LogP contribution in [0.3, 0.4) is 0 Å². The maximum atomic E-state index is 11.5. The Hall–Kier alpha value is -0.850. The van der Waals surface area contributed by atoms with Crippen LogP contribution < -0.4 is 0 Å². The largest absolute Gasteiger partial charge is 0.295 e. The predicted octanol–water partition coefficient (Wildman–Crippen LogP) is 4.05. The highest BCUT2D eigenvalue weighted by atomic mass is 16.1. The van der Waals surface area contributed by atoms with Gasteiger partial charge in [-0.15, -0.1) is 0 Å². The van der Waals surface area contributed by atoms with Gasteiger partial charge >= 0.3 is 0 Å². The highest BCUT2D eigenvalue weighted by Gasteiger charge is 2.14. The third-order valence-corrected chi connectivity index (χ3v) is 3.00. The topological polar surface area (TPSA) is 17.1 Å². The fraction of sp³-hybridized carbons (Fsp3) is 0.643. The highest BCUT2D eigenvalue weighted by Crippen LogP contribution is 2.26. The summed E-state index contributed by atoms with van der Waals surface area (Å²) in [5, 5.41) is 0. The zero-order valence-electron chi connectivity index (χ0n) is 10.2. The van der Waals surface area contributed by atoms with Gasteiger partial charge in [0.1, 0.15) is 0 Å². The molecule has 84 valence electrons. The van der Waals surface area contributed by atoms with E-state index in [0.29, 0.717) is 6.42 Å². The van der Waals surface area contributed by atoms with Gasteiger partial charge in [-0.2, -0.15) is 0 Å². The summed E-state index contributed by atoms with van der Waals surface area (Å²) in [5.74, 6) is 0.258. The second-order valence-corrected chi connectivity index (χ2v) is 5.23. The summed E-state index contributed by atoms with van der Waals surface area (Å²) >= 11 is 0. The number of allylic oxidation sites excluding steroid dienone is 4. The predicted molar refractivity (Wildman–Crippen MR) is 64.8 cm³/mol. The van der Waals surface area contributed by atoms with E-state index in [1.807, 2.05) is 0 Å². The van der Waals surface area contributed by atoms with E-state index in [1.165, 1.54) is 18.4 Å². The highest BCUT2D eigenvalue weighted by molar-refractivity contribution is 5.89. The first-order valence-electron chi connectivity index (χ1n) is 5.87. The maximum absolute atomic E-state index is 11.5. The lowest BCUT2D eigenvalue weighted by Crippen LogP contribution is -2.07. The Labute approximate surface area is 93.3 Å². The first-order valence-corrected chi connectivity index (χ1v) is 5.87. The molecular formula is C14H22O. The zero-order valence-corrected chi connectivity index (χ0v) is 10.2. The van der Waals surface area contributed by atoms with Gasteiger partial charge in [0.25, 0.3) is 0 Å². The Bertz CT molecular complexity index is 282. The van der Waals surface area contributed by atoms with Crippen LogP contribution in [0.2, 0.25) is 0 Å². The lowest BCUT2D eigenvalue weighted by molar-refractivity contribution is -0.114. The Balaban J connectivity index is 2.71. The Kier molecular flexibility index (Phi) is 4.31. The number of hydrogen-bond acceptors (Lipinski definition) is 1. The van der Waals surface area contributed by atoms with Crippen molar-refractivity contribution in [2.75, 3.05) is 0 Å². The smallest absolute Gasteiger partial charge is 0.155 e. The van der Waals surface area contributed by atoms with Gasteiger partial charge in [0, 0.05) is 6.42 Å². The molecule has 1 aliphatic carbocycles. The van der Waals surface area contributed by atoms with Gasteiger partial charge in [-0.1, -0.05) is 31.6 Å². The van der Waals surface area contributed by atoms with Crippen molar-refractivity contribution >= 4 is 5.78 Å². The third-order valence-electron chi connectivity index (χ3n) is 3.00. The van der Waals surface area contributed by atoms with E-state index in [-0.39, 0.29) is 11.2 Å². The molecule has 0 amide bonds. The molecule has 0 atom stereocenters. The molecular weight excluding hydrogens is 184 g/mol. The quantitative estimate of drug-likeness (QED) is 0.546. The minimum atomic E-state index is 0.167. The molecule has 0 saturated heterocycles.